The van der Waals surface area contributed by atoms with Crippen molar-refractivity contribution in [1.82, 2.24) is 19.4 Å². The molecule has 130 valence electrons. The molecule has 0 aliphatic rings. The van der Waals surface area contributed by atoms with Crippen LogP contribution in [0.1, 0.15) is 0 Å². The van der Waals surface area contributed by atoms with Gasteiger partial charge < -0.3 is 14.8 Å². The number of hydrogen-bond donors (Lipinski definition) is 1. The van der Waals surface area contributed by atoms with Crippen LogP contribution in [-0.4, -0.2) is 33.6 Å². The number of fused-ring (bicyclic) bond motifs is 1. The van der Waals surface area contributed by atoms with Crippen molar-refractivity contribution in [3.05, 3.63) is 61.1 Å². The summed E-state index contributed by atoms with van der Waals surface area (Å²) in [5.41, 5.74) is 2.45. The number of nitrogens with zero attached hydrogens (tertiary/aromatic N) is 4. The second kappa shape index (κ2) is 6.72. The SMILES string of the molecule is COc1ccc(-c2cc3nccn3c(Nc3ccccn3)n2)cc1OC. The number of hydrogen-bond acceptors (Lipinski definition) is 6. The molecule has 0 spiro atoms. The van der Waals surface area contributed by atoms with Crippen molar-refractivity contribution in [3.8, 4) is 22.8 Å². The molecule has 0 fully saturated rings. The average molecular weight is 347 g/mol. The molecule has 1 aromatic carbocycles. The fourth-order valence-corrected chi connectivity index (χ4v) is 2.71. The van der Waals surface area contributed by atoms with Crippen molar-refractivity contribution in [2.45, 2.75) is 0 Å². The van der Waals surface area contributed by atoms with Crippen molar-refractivity contribution >= 4 is 17.4 Å². The molecule has 26 heavy (non-hydrogen) atoms. The third-order valence-corrected chi connectivity index (χ3v) is 3.97. The Morgan fingerprint density at radius 1 is 0.923 bits per heavy atom. The van der Waals surface area contributed by atoms with E-state index in [9.17, 15) is 0 Å². The average Bonchev–Trinajstić information content (AvgIpc) is 3.17. The fourth-order valence-electron chi connectivity index (χ4n) is 2.71. The zero-order valence-corrected chi connectivity index (χ0v) is 14.4. The van der Waals surface area contributed by atoms with Gasteiger partial charge in [0.25, 0.3) is 0 Å². The van der Waals surface area contributed by atoms with E-state index < -0.39 is 0 Å². The lowest BCUT2D eigenvalue weighted by Crippen LogP contribution is -2.03. The van der Waals surface area contributed by atoms with Crippen LogP contribution in [0.15, 0.2) is 61.1 Å². The number of nitrogens with one attached hydrogen (secondary N) is 1. The van der Waals surface area contributed by atoms with Gasteiger partial charge in [-0.1, -0.05) is 6.07 Å². The predicted octanol–water partition coefficient (Wildman–Crippen LogP) is 3.55. The van der Waals surface area contributed by atoms with Gasteiger partial charge in [-0.25, -0.2) is 15.0 Å². The summed E-state index contributed by atoms with van der Waals surface area (Å²) in [6, 6.07) is 13.3. The van der Waals surface area contributed by atoms with Crippen LogP contribution in [0.25, 0.3) is 16.9 Å². The molecule has 0 bridgehead atoms. The molecular formula is C19H17N5O2. The molecule has 1 N–H and O–H groups in total. The predicted molar refractivity (Wildman–Crippen MR) is 99.0 cm³/mol. The zero-order valence-electron chi connectivity index (χ0n) is 14.4. The van der Waals surface area contributed by atoms with E-state index in [4.69, 9.17) is 14.5 Å². The molecule has 3 aromatic heterocycles. The van der Waals surface area contributed by atoms with Crippen LogP contribution in [0.2, 0.25) is 0 Å². The largest absolute Gasteiger partial charge is 0.493 e. The first kappa shape index (κ1) is 15.9. The normalized spacial score (nSPS) is 10.7. The van der Waals surface area contributed by atoms with Gasteiger partial charge in [0.15, 0.2) is 11.5 Å². The van der Waals surface area contributed by atoms with E-state index in [1.807, 2.05) is 53.1 Å². The molecule has 0 saturated heterocycles. The standard InChI is InChI=1S/C19H17N5O2/c1-25-15-7-6-13(11-16(15)26-2)14-12-18-21-9-10-24(18)19(22-14)23-17-5-3-4-8-20-17/h3-12H,1-2H3,(H,20,22,23). The van der Waals surface area contributed by atoms with E-state index in [1.54, 1.807) is 26.6 Å². The van der Waals surface area contributed by atoms with E-state index in [0.717, 1.165) is 16.9 Å². The summed E-state index contributed by atoms with van der Waals surface area (Å²) < 4.78 is 12.6. The second-order valence-corrected chi connectivity index (χ2v) is 5.53. The molecule has 7 heteroatoms. The molecule has 0 atom stereocenters. The Hall–Kier alpha value is -3.61. The van der Waals surface area contributed by atoms with Gasteiger partial charge in [0.2, 0.25) is 5.95 Å². The van der Waals surface area contributed by atoms with Crippen molar-refractivity contribution in [3.63, 3.8) is 0 Å². The van der Waals surface area contributed by atoms with Gasteiger partial charge in [-0.2, -0.15) is 0 Å². The first-order chi connectivity index (χ1) is 12.8. The monoisotopic (exact) mass is 347 g/mol. The maximum Gasteiger partial charge on any atom is 0.214 e. The first-order valence-electron chi connectivity index (χ1n) is 8.03. The summed E-state index contributed by atoms with van der Waals surface area (Å²) in [6.07, 6.45) is 5.32. The van der Waals surface area contributed by atoms with Gasteiger partial charge in [0.1, 0.15) is 11.5 Å². The number of aromatic nitrogens is 4. The second-order valence-electron chi connectivity index (χ2n) is 5.53. The minimum Gasteiger partial charge on any atom is -0.493 e. The van der Waals surface area contributed by atoms with Crippen LogP contribution in [0.4, 0.5) is 11.8 Å². The van der Waals surface area contributed by atoms with Gasteiger partial charge >= 0.3 is 0 Å². The molecule has 4 rings (SSSR count). The van der Waals surface area contributed by atoms with Crippen LogP contribution in [0, 0.1) is 0 Å². The summed E-state index contributed by atoms with van der Waals surface area (Å²) in [4.78, 5) is 13.4. The van der Waals surface area contributed by atoms with Crippen molar-refractivity contribution in [2.75, 3.05) is 19.5 Å². The smallest absolute Gasteiger partial charge is 0.214 e. The molecule has 4 aromatic rings. The number of ether oxygens (including phenoxy) is 2. The van der Waals surface area contributed by atoms with Crippen LogP contribution >= 0.6 is 0 Å². The molecule has 0 radical (unpaired) electrons. The van der Waals surface area contributed by atoms with Crippen LogP contribution in [-0.2, 0) is 0 Å². The first-order valence-corrected chi connectivity index (χ1v) is 8.03. The Balaban J connectivity index is 1.81. The van der Waals surface area contributed by atoms with Gasteiger partial charge in [-0.3, -0.25) is 4.40 Å². The highest BCUT2D eigenvalue weighted by Crippen LogP contribution is 2.32. The van der Waals surface area contributed by atoms with Crippen molar-refractivity contribution < 1.29 is 9.47 Å². The highest BCUT2D eigenvalue weighted by molar-refractivity contribution is 5.69. The van der Waals surface area contributed by atoms with E-state index in [-0.39, 0.29) is 0 Å². The lowest BCUT2D eigenvalue weighted by atomic mass is 10.1. The molecule has 0 saturated carbocycles. The van der Waals surface area contributed by atoms with E-state index in [2.05, 4.69) is 15.3 Å². The van der Waals surface area contributed by atoms with Crippen molar-refractivity contribution in [2.24, 2.45) is 0 Å². The topological polar surface area (TPSA) is 73.6 Å². The quantitative estimate of drug-likeness (QED) is 0.595. The van der Waals surface area contributed by atoms with Crippen molar-refractivity contribution in [1.29, 1.82) is 0 Å². The highest BCUT2D eigenvalue weighted by Gasteiger charge is 2.12. The Morgan fingerprint density at radius 3 is 2.58 bits per heavy atom. The number of methoxy groups -OCH3 is 2. The summed E-state index contributed by atoms with van der Waals surface area (Å²) in [5, 5.41) is 3.24. The lowest BCUT2D eigenvalue weighted by molar-refractivity contribution is 0.355. The Kier molecular flexibility index (Phi) is 4.10. The molecule has 3 heterocycles. The summed E-state index contributed by atoms with van der Waals surface area (Å²) in [6.45, 7) is 0. The molecule has 7 nitrogen and oxygen atoms in total. The van der Waals surface area contributed by atoms with E-state index >= 15 is 0 Å². The maximum atomic E-state index is 5.40. The Bertz CT molecular complexity index is 1050. The minimum atomic E-state index is 0.628. The Labute approximate surface area is 150 Å². The Morgan fingerprint density at radius 2 is 1.81 bits per heavy atom. The summed E-state index contributed by atoms with van der Waals surface area (Å²) in [5.74, 6) is 2.65. The van der Waals surface area contributed by atoms with Crippen LogP contribution < -0.4 is 14.8 Å². The third-order valence-electron chi connectivity index (χ3n) is 3.97. The van der Waals surface area contributed by atoms with Crippen LogP contribution in [0.3, 0.4) is 0 Å². The van der Waals surface area contributed by atoms with Gasteiger partial charge in [-0.15, -0.1) is 0 Å². The highest BCUT2D eigenvalue weighted by atomic mass is 16.5. The number of imidazole rings is 1. The van der Waals surface area contributed by atoms with E-state index in [0.29, 0.717) is 23.3 Å². The number of rotatable bonds is 5. The molecule has 0 unspecified atom stereocenters. The number of pyridine rings is 1. The minimum absolute atomic E-state index is 0.628. The molecular weight excluding hydrogens is 330 g/mol. The van der Waals surface area contributed by atoms with E-state index in [1.165, 1.54) is 0 Å². The number of anilines is 2. The van der Waals surface area contributed by atoms with Crippen LogP contribution in [0.5, 0.6) is 11.5 Å². The molecule has 0 aliphatic heterocycles. The molecule has 0 amide bonds. The van der Waals surface area contributed by atoms with Gasteiger partial charge in [0, 0.05) is 30.2 Å². The van der Waals surface area contributed by atoms with Gasteiger partial charge in [-0.05, 0) is 30.3 Å². The maximum absolute atomic E-state index is 5.40. The lowest BCUT2D eigenvalue weighted by Gasteiger charge is -2.12. The zero-order chi connectivity index (χ0) is 17.9. The third kappa shape index (κ3) is 2.90. The number of benzene rings is 1. The fraction of sp³-hybridized carbons (Fsp3) is 0.105. The summed E-state index contributed by atoms with van der Waals surface area (Å²) in [7, 11) is 3.22. The molecule has 0 aliphatic carbocycles. The summed E-state index contributed by atoms with van der Waals surface area (Å²) >= 11 is 0. The van der Waals surface area contributed by atoms with Gasteiger partial charge in [0.05, 0.1) is 19.9 Å².